The highest BCUT2D eigenvalue weighted by atomic mass is 16.3. The molecule has 5 nitrogen and oxygen atoms in total. The number of carbonyl (C=O) groups is 2. The van der Waals surface area contributed by atoms with Crippen LogP contribution in [0, 0.1) is 34.5 Å². The van der Waals surface area contributed by atoms with Crippen molar-refractivity contribution >= 4 is 11.8 Å². The molecule has 3 saturated carbocycles. The largest absolute Gasteiger partial charge is 0.394 e. The van der Waals surface area contributed by atoms with Gasteiger partial charge in [0.1, 0.15) is 0 Å². The van der Waals surface area contributed by atoms with Crippen molar-refractivity contribution < 1.29 is 14.7 Å². The van der Waals surface area contributed by atoms with E-state index in [4.69, 9.17) is 0 Å². The van der Waals surface area contributed by atoms with Gasteiger partial charge in [-0.3, -0.25) is 9.59 Å². The van der Waals surface area contributed by atoms with E-state index in [1.165, 1.54) is 32.1 Å². The highest BCUT2D eigenvalue weighted by Gasteiger charge is 2.62. The molecular weight excluding hydrogens is 352 g/mol. The maximum absolute atomic E-state index is 13.4. The zero-order chi connectivity index (χ0) is 20.3. The fraction of sp³-hybridized carbons (Fsp3) is 0.913. The first-order valence-electron chi connectivity index (χ1n) is 11.3. The number of amides is 2. The lowest BCUT2D eigenvalue weighted by Crippen LogP contribution is -2.65. The first-order valence-corrected chi connectivity index (χ1v) is 11.3. The maximum Gasteiger partial charge on any atom is 0.223 e. The molecule has 1 aliphatic heterocycles. The molecule has 4 fully saturated rings. The molecule has 0 aromatic rings. The predicted octanol–water partition coefficient (Wildman–Crippen LogP) is 3.01. The number of aliphatic hydroxyl groups is 1. The SMILES string of the molecule is CC(C)(CO)NC(=O)C1CC2NC(=O)CC[C@]2(C)[C@@H]2CC[C@]3(C)CCC[C@H]3[C@H]12. The summed E-state index contributed by atoms with van der Waals surface area (Å²) in [5.74, 6) is 1.64. The molecule has 28 heavy (non-hydrogen) atoms. The van der Waals surface area contributed by atoms with Crippen LogP contribution in [0.3, 0.4) is 0 Å². The highest BCUT2D eigenvalue weighted by molar-refractivity contribution is 5.81. The Morgan fingerprint density at radius 1 is 1.21 bits per heavy atom. The number of rotatable bonds is 3. The van der Waals surface area contributed by atoms with E-state index in [1.807, 2.05) is 13.8 Å². The van der Waals surface area contributed by atoms with Gasteiger partial charge in [0.25, 0.3) is 0 Å². The standard InChI is InChI=1S/C23H38N2O3/c1-21(2,13-26)25-20(28)14-12-17-23(4,11-8-18(27)24-17)16-7-10-22(3)9-5-6-15(22)19(14)16/h14-17,19,26H,5-13H2,1-4H3,(H,24,27)(H,25,28)/t14?,15-,16+,17?,19-,22-,23+/m0/s1. The van der Waals surface area contributed by atoms with E-state index < -0.39 is 5.54 Å². The van der Waals surface area contributed by atoms with Crippen LogP contribution in [0.2, 0.25) is 0 Å². The Balaban J connectivity index is 1.69. The van der Waals surface area contributed by atoms with Crippen LogP contribution in [0.4, 0.5) is 0 Å². The third-order valence-corrected chi connectivity index (χ3v) is 9.13. The minimum absolute atomic E-state index is 0.0709. The first-order chi connectivity index (χ1) is 13.1. The van der Waals surface area contributed by atoms with Crippen LogP contribution in [0.25, 0.3) is 0 Å². The van der Waals surface area contributed by atoms with Crippen molar-refractivity contribution in [1.29, 1.82) is 0 Å². The number of fused-ring (bicyclic) bond motifs is 5. The fourth-order valence-corrected chi connectivity index (χ4v) is 7.43. The Labute approximate surface area is 169 Å². The lowest BCUT2D eigenvalue weighted by Gasteiger charge is -2.61. The van der Waals surface area contributed by atoms with Crippen LogP contribution >= 0.6 is 0 Å². The zero-order valence-corrected chi connectivity index (χ0v) is 18.0. The minimum atomic E-state index is -0.614. The number of nitrogens with one attached hydrogen (secondary N) is 2. The van der Waals surface area contributed by atoms with Crippen molar-refractivity contribution in [3.05, 3.63) is 0 Å². The molecule has 0 spiro atoms. The molecule has 0 bridgehead atoms. The van der Waals surface area contributed by atoms with Crippen molar-refractivity contribution in [2.45, 2.75) is 90.6 Å². The van der Waals surface area contributed by atoms with Gasteiger partial charge in [-0.2, -0.15) is 0 Å². The van der Waals surface area contributed by atoms with Crippen LogP contribution in [-0.2, 0) is 9.59 Å². The van der Waals surface area contributed by atoms with Crippen molar-refractivity contribution in [3.8, 4) is 0 Å². The van der Waals surface area contributed by atoms with E-state index in [0.717, 1.165) is 12.8 Å². The van der Waals surface area contributed by atoms with E-state index >= 15 is 0 Å². The summed E-state index contributed by atoms with van der Waals surface area (Å²) < 4.78 is 0. The molecule has 158 valence electrons. The summed E-state index contributed by atoms with van der Waals surface area (Å²) in [6.07, 6.45) is 8.53. The molecule has 3 aliphatic carbocycles. The molecule has 0 aromatic carbocycles. The van der Waals surface area contributed by atoms with Crippen LogP contribution in [0.15, 0.2) is 0 Å². The molecule has 1 heterocycles. The summed E-state index contributed by atoms with van der Waals surface area (Å²) in [5, 5.41) is 16.0. The second-order valence-corrected chi connectivity index (χ2v) is 11.4. The molecule has 4 rings (SSSR count). The molecule has 0 aromatic heterocycles. The van der Waals surface area contributed by atoms with Gasteiger partial charge < -0.3 is 15.7 Å². The van der Waals surface area contributed by atoms with E-state index in [1.54, 1.807) is 0 Å². The summed E-state index contributed by atoms with van der Waals surface area (Å²) in [5.41, 5.74) is -0.143. The molecule has 0 radical (unpaired) electrons. The highest BCUT2D eigenvalue weighted by Crippen LogP contribution is 2.65. The Kier molecular flexibility index (Phi) is 4.84. The molecule has 3 N–H and O–H groups in total. The minimum Gasteiger partial charge on any atom is -0.394 e. The van der Waals surface area contributed by atoms with Gasteiger partial charge in [-0.15, -0.1) is 0 Å². The van der Waals surface area contributed by atoms with Gasteiger partial charge in [0.15, 0.2) is 0 Å². The van der Waals surface area contributed by atoms with E-state index in [0.29, 0.717) is 29.6 Å². The van der Waals surface area contributed by atoms with Gasteiger partial charge in [-0.25, -0.2) is 0 Å². The molecule has 2 amide bonds. The van der Waals surface area contributed by atoms with Gasteiger partial charge in [-0.1, -0.05) is 20.3 Å². The number of hydrogen-bond donors (Lipinski definition) is 3. The first kappa shape index (κ1) is 20.2. The molecule has 2 unspecified atom stereocenters. The Bertz CT molecular complexity index is 662. The van der Waals surface area contributed by atoms with Gasteiger partial charge >= 0.3 is 0 Å². The van der Waals surface area contributed by atoms with Crippen LogP contribution in [-0.4, -0.2) is 35.1 Å². The van der Waals surface area contributed by atoms with Gasteiger partial charge in [0.05, 0.1) is 12.1 Å². The van der Waals surface area contributed by atoms with Gasteiger partial charge in [0, 0.05) is 18.4 Å². The van der Waals surface area contributed by atoms with Gasteiger partial charge in [0.2, 0.25) is 11.8 Å². The molecular formula is C23H38N2O3. The normalized spacial score (nSPS) is 45.5. The lowest BCUT2D eigenvalue weighted by molar-refractivity contribution is -0.155. The Morgan fingerprint density at radius 2 is 1.96 bits per heavy atom. The summed E-state index contributed by atoms with van der Waals surface area (Å²) in [4.78, 5) is 25.6. The van der Waals surface area contributed by atoms with Gasteiger partial charge in [-0.05, 0) is 81.0 Å². The maximum atomic E-state index is 13.4. The average Bonchev–Trinajstić information content (AvgIpc) is 3.03. The molecule has 7 atom stereocenters. The average molecular weight is 391 g/mol. The third kappa shape index (κ3) is 3.09. The Hall–Kier alpha value is -1.10. The summed E-state index contributed by atoms with van der Waals surface area (Å²) in [6.45, 7) is 8.50. The fourth-order valence-electron chi connectivity index (χ4n) is 7.43. The molecule has 5 heteroatoms. The predicted molar refractivity (Wildman–Crippen MR) is 108 cm³/mol. The van der Waals surface area contributed by atoms with E-state index in [-0.39, 0.29) is 35.8 Å². The van der Waals surface area contributed by atoms with Crippen LogP contribution in [0.1, 0.15) is 79.1 Å². The Morgan fingerprint density at radius 3 is 2.68 bits per heavy atom. The quantitative estimate of drug-likeness (QED) is 0.693. The monoisotopic (exact) mass is 390 g/mol. The van der Waals surface area contributed by atoms with Crippen molar-refractivity contribution in [3.63, 3.8) is 0 Å². The third-order valence-electron chi connectivity index (χ3n) is 9.13. The van der Waals surface area contributed by atoms with E-state index in [9.17, 15) is 14.7 Å². The lowest BCUT2D eigenvalue weighted by atomic mass is 9.45. The number of piperidine rings is 1. The second-order valence-electron chi connectivity index (χ2n) is 11.4. The number of aliphatic hydroxyl groups excluding tert-OH is 1. The number of hydrogen-bond acceptors (Lipinski definition) is 3. The van der Waals surface area contributed by atoms with E-state index in [2.05, 4.69) is 24.5 Å². The van der Waals surface area contributed by atoms with Crippen LogP contribution < -0.4 is 10.6 Å². The second kappa shape index (κ2) is 6.72. The summed E-state index contributed by atoms with van der Waals surface area (Å²) >= 11 is 0. The number of carbonyl (C=O) groups excluding carboxylic acids is 2. The molecule has 1 saturated heterocycles. The topological polar surface area (TPSA) is 78.4 Å². The smallest absolute Gasteiger partial charge is 0.223 e. The summed E-state index contributed by atoms with van der Waals surface area (Å²) in [6, 6.07) is 0.0914. The zero-order valence-electron chi connectivity index (χ0n) is 18.0. The molecule has 4 aliphatic rings. The van der Waals surface area contributed by atoms with Crippen molar-refractivity contribution in [2.24, 2.45) is 34.5 Å². The van der Waals surface area contributed by atoms with Crippen LogP contribution in [0.5, 0.6) is 0 Å². The van der Waals surface area contributed by atoms with Crippen molar-refractivity contribution in [1.82, 2.24) is 10.6 Å². The van der Waals surface area contributed by atoms with Crippen molar-refractivity contribution in [2.75, 3.05) is 6.61 Å². The summed E-state index contributed by atoms with van der Waals surface area (Å²) in [7, 11) is 0.